The second kappa shape index (κ2) is 4.24. The third-order valence-corrected chi connectivity index (χ3v) is 2.86. The second-order valence-corrected chi connectivity index (χ2v) is 4.27. The van der Waals surface area contributed by atoms with Crippen molar-refractivity contribution in [3.63, 3.8) is 0 Å². The molecule has 0 aliphatic rings. The molecule has 3 rings (SSSR count). The number of anilines is 1. The van der Waals surface area contributed by atoms with Crippen LogP contribution >= 0.6 is 0 Å². The van der Waals surface area contributed by atoms with Crippen LogP contribution in [0.25, 0.3) is 11.0 Å². The van der Waals surface area contributed by atoms with Gasteiger partial charge in [-0.15, -0.1) is 0 Å². The Morgan fingerprint density at radius 3 is 2.84 bits per heavy atom. The van der Waals surface area contributed by atoms with Crippen molar-refractivity contribution in [3.05, 3.63) is 41.8 Å². The summed E-state index contributed by atoms with van der Waals surface area (Å²) in [4.78, 5) is 16.3. The molecule has 0 spiro atoms. The number of hydrogen-bond acceptors (Lipinski definition) is 4. The number of rotatable bonds is 2. The Bertz CT molecular complexity index is 757. The van der Waals surface area contributed by atoms with E-state index in [1.807, 2.05) is 35.9 Å². The van der Waals surface area contributed by atoms with Crippen molar-refractivity contribution in [2.75, 3.05) is 5.32 Å². The Kier molecular flexibility index (Phi) is 2.56. The number of aromatic nitrogens is 3. The number of aryl methyl sites for hydroxylation is 2. The Balaban J connectivity index is 1.93. The Labute approximate surface area is 109 Å². The maximum Gasteiger partial charge on any atom is 0.296 e. The molecule has 0 saturated heterocycles. The monoisotopic (exact) mass is 256 g/mol. The first-order valence-corrected chi connectivity index (χ1v) is 5.81. The van der Waals surface area contributed by atoms with E-state index in [0.717, 1.165) is 11.0 Å². The number of benzene rings is 1. The highest BCUT2D eigenvalue weighted by molar-refractivity contribution is 6.02. The first-order valence-electron chi connectivity index (χ1n) is 5.81. The Morgan fingerprint density at radius 2 is 2.16 bits per heavy atom. The zero-order valence-corrected chi connectivity index (χ0v) is 10.5. The lowest BCUT2D eigenvalue weighted by Gasteiger charge is -2.02. The number of para-hydroxylation sites is 2. The van der Waals surface area contributed by atoms with E-state index in [-0.39, 0.29) is 11.7 Å². The van der Waals surface area contributed by atoms with Gasteiger partial charge in [-0.25, -0.2) is 4.98 Å². The van der Waals surface area contributed by atoms with Crippen LogP contribution in [0.2, 0.25) is 0 Å². The fourth-order valence-electron chi connectivity index (χ4n) is 1.89. The van der Waals surface area contributed by atoms with E-state index in [2.05, 4.69) is 15.5 Å². The minimum atomic E-state index is -0.362. The van der Waals surface area contributed by atoms with Crippen molar-refractivity contribution in [2.45, 2.75) is 6.92 Å². The van der Waals surface area contributed by atoms with E-state index in [4.69, 9.17) is 4.52 Å². The minimum absolute atomic E-state index is 0.171. The van der Waals surface area contributed by atoms with Crippen molar-refractivity contribution in [1.29, 1.82) is 0 Å². The summed E-state index contributed by atoms with van der Waals surface area (Å²) in [5.41, 5.74) is 2.44. The molecule has 6 heteroatoms. The van der Waals surface area contributed by atoms with Crippen LogP contribution in [0.4, 0.5) is 5.95 Å². The van der Waals surface area contributed by atoms with Crippen LogP contribution in [0.1, 0.15) is 16.2 Å². The number of carbonyl (C=O) groups excluding carboxylic acids is 1. The van der Waals surface area contributed by atoms with Gasteiger partial charge in [0, 0.05) is 13.1 Å². The smallest absolute Gasteiger partial charge is 0.296 e. The SMILES string of the molecule is Cc1cc(C(=O)Nc2nc3ccccc3n2C)on1. The van der Waals surface area contributed by atoms with E-state index >= 15 is 0 Å². The van der Waals surface area contributed by atoms with E-state index < -0.39 is 0 Å². The topological polar surface area (TPSA) is 73.0 Å². The lowest BCUT2D eigenvalue weighted by atomic mass is 10.3. The maximum absolute atomic E-state index is 12.0. The predicted octanol–water partition coefficient (Wildman–Crippen LogP) is 2.12. The first-order chi connectivity index (χ1) is 9.15. The molecule has 0 aliphatic carbocycles. The van der Waals surface area contributed by atoms with Crippen LogP contribution < -0.4 is 5.32 Å². The van der Waals surface area contributed by atoms with Crippen LogP contribution in [-0.4, -0.2) is 20.6 Å². The van der Waals surface area contributed by atoms with Crippen LogP contribution in [0.15, 0.2) is 34.9 Å². The van der Waals surface area contributed by atoms with Crippen LogP contribution in [0.5, 0.6) is 0 Å². The van der Waals surface area contributed by atoms with Crippen molar-refractivity contribution in [3.8, 4) is 0 Å². The maximum atomic E-state index is 12.0. The molecule has 2 aromatic heterocycles. The molecule has 0 radical (unpaired) electrons. The normalized spacial score (nSPS) is 10.8. The summed E-state index contributed by atoms with van der Waals surface area (Å²) in [7, 11) is 1.84. The largest absolute Gasteiger partial charge is 0.351 e. The van der Waals surface area contributed by atoms with E-state index in [1.165, 1.54) is 0 Å². The standard InChI is InChI=1S/C13H12N4O2/c1-8-7-11(19-16-8)12(18)15-13-14-9-5-3-4-6-10(9)17(13)2/h3-7H,1-2H3,(H,14,15,18). The first kappa shape index (κ1) is 11.5. The van der Waals surface area contributed by atoms with Crippen molar-refractivity contribution in [1.82, 2.24) is 14.7 Å². The summed E-state index contributed by atoms with van der Waals surface area (Å²) < 4.78 is 6.73. The van der Waals surface area contributed by atoms with Crippen LogP contribution in [0.3, 0.4) is 0 Å². The van der Waals surface area contributed by atoms with Crippen LogP contribution in [0, 0.1) is 6.92 Å². The van der Waals surface area contributed by atoms with Gasteiger partial charge in [-0.1, -0.05) is 17.3 Å². The summed E-state index contributed by atoms with van der Waals surface area (Å²) in [6.45, 7) is 1.76. The van der Waals surface area contributed by atoms with Crippen molar-refractivity contribution < 1.29 is 9.32 Å². The molecule has 0 aliphatic heterocycles. The molecule has 3 aromatic rings. The van der Waals surface area contributed by atoms with Crippen LogP contribution in [-0.2, 0) is 7.05 Å². The predicted molar refractivity (Wildman–Crippen MR) is 69.9 cm³/mol. The molecule has 0 fully saturated rings. The summed E-state index contributed by atoms with van der Waals surface area (Å²) in [5.74, 6) is 0.281. The zero-order valence-electron chi connectivity index (χ0n) is 10.5. The van der Waals surface area contributed by atoms with Gasteiger partial charge in [0.25, 0.3) is 5.91 Å². The summed E-state index contributed by atoms with van der Waals surface area (Å²) in [6.07, 6.45) is 0. The minimum Gasteiger partial charge on any atom is -0.351 e. The highest BCUT2D eigenvalue weighted by Gasteiger charge is 2.15. The van der Waals surface area contributed by atoms with E-state index in [0.29, 0.717) is 11.6 Å². The number of carbonyl (C=O) groups is 1. The average Bonchev–Trinajstić information content (AvgIpc) is 2.96. The molecule has 0 unspecified atom stereocenters. The number of imidazole rings is 1. The number of fused-ring (bicyclic) bond motifs is 1. The van der Waals surface area contributed by atoms with E-state index in [9.17, 15) is 4.79 Å². The highest BCUT2D eigenvalue weighted by atomic mass is 16.5. The van der Waals surface area contributed by atoms with Gasteiger partial charge >= 0.3 is 0 Å². The number of amides is 1. The Hall–Kier alpha value is -2.63. The molecule has 6 nitrogen and oxygen atoms in total. The third kappa shape index (κ3) is 1.97. The molecule has 0 bridgehead atoms. The van der Waals surface area contributed by atoms with Crippen molar-refractivity contribution in [2.24, 2.45) is 7.05 Å². The number of nitrogens with one attached hydrogen (secondary N) is 1. The molecule has 96 valence electrons. The second-order valence-electron chi connectivity index (χ2n) is 4.27. The molecule has 1 amide bonds. The van der Waals surface area contributed by atoms with Gasteiger partial charge in [0.15, 0.2) is 0 Å². The summed E-state index contributed by atoms with van der Waals surface area (Å²) >= 11 is 0. The number of nitrogens with zero attached hydrogens (tertiary/aromatic N) is 3. The molecule has 1 aromatic carbocycles. The van der Waals surface area contributed by atoms with Gasteiger partial charge in [-0.3, -0.25) is 10.1 Å². The molecule has 19 heavy (non-hydrogen) atoms. The van der Waals surface area contributed by atoms with Gasteiger partial charge < -0.3 is 9.09 Å². The van der Waals surface area contributed by atoms with Gasteiger partial charge in [0.1, 0.15) is 0 Å². The number of hydrogen-bond donors (Lipinski definition) is 1. The molecule has 0 atom stereocenters. The molecular weight excluding hydrogens is 244 g/mol. The Morgan fingerprint density at radius 1 is 1.37 bits per heavy atom. The highest BCUT2D eigenvalue weighted by Crippen LogP contribution is 2.18. The molecule has 0 saturated carbocycles. The van der Waals surface area contributed by atoms with E-state index in [1.54, 1.807) is 13.0 Å². The molecule has 1 N–H and O–H groups in total. The zero-order chi connectivity index (χ0) is 13.4. The van der Waals surface area contributed by atoms with Gasteiger partial charge in [0.2, 0.25) is 11.7 Å². The fourth-order valence-corrected chi connectivity index (χ4v) is 1.89. The fraction of sp³-hybridized carbons (Fsp3) is 0.154. The molecular formula is C13H12N4O2. The van der Waals surface area contributed by atoms with Gasteiger partial charge in [-0.05, 0) is 19.1 Å². The molecule has 2 heterocycles. The third-order valence-electron chi connectivity index (χ3n) is 2.86. The summed E-state index contributed by atoms with van der Waals surface area (Å²) in [5, 5.41) is 6.39. The average molecular weight is 256 g/mol. The van der Waals surface area contributed by atoms with Gasteiger partial charge in [0.05, 0.1) is 16.7 Å². The quantitative estimate of drug-likeness (QED) is 0.762. The lowest BCUT2D eigenvalue weighted by molar-refractivity contribution is 0.0986. The van der Waals surface area contributed by atoms with Gasteiger partial charge in [-0.2, -0.15) is 0 Å². The lowest BCUT2D eigenvalue weighted by Crippen LogP contribution is -2.14. The summed E-state index contributed by atoms with van der Waals surface area (Å²) in [6, 6.07) is 9.24. The van der Waals surface area contributed by atoms with Crippen molar-refractivity contribution >= 4 is 22.9 Å².